The molecule has 0 spiro atoms. The molecule has 4 heteroatoms. The molecule has 2 N–H and O–H groups in total. The van der Waals surface area contributed by atoms with Crippen molar-refractivity contribution >= 4 is 34.7 Å². The van der Waals surface area contributed by atoms with Gasteiger partial charge in [0, 0.05) is 11.1 Å². The Morgan fingerprint density at radius 2 is 1.68 bits per heavy atom. The average Bonchev–Trinajstić information content (AvgIpc) is 2.36. The third-order valence-corrected chi connectivity index (χ3v) is 3.84. The van der Waals surface area contributed by atoms with Gasteiger partial charge in [0.05, 0.1) is 15.7 Å². The summed E-state index contributed by atoms with van der Waals surface area (Å²) in [7, 11) is 0. The van der Waals surface area contributed by atoms with Crippen LogP contribution in [0.25, 0.3) is 0 Å². The minimum atomic E-state index is -0.217. The van der Waals surface area contributed by atoms with Crippen LogP contribution < -0.4 is 5.73 Å². The number of hydrogen-bond acceptors (Lipinski definition) is 2. The Morgan fingerprint density at radius 3 is 2.37 bits per heavy atom. The molecule has 0 saturated heterocycles. The molecule has 0 amide bonds. The molecule has 0 saturated carbocycles. The van der Waals surface area contributed by atoms with E-state index in [-0.39, 0.29) is 10.8 Å². The zero-order valence-corrected chi connectivity index (χ0v) is 12.1. The summed E-state index contributed by atoms with van der Waals surface area (Å²) >= 11 is 12.2. The molecule has 0 heterocycles. The molecule has 0 aliphatic heterocycles. The molecule has 98 valence electrons. The van der Waals surface area contributed by atoms with Crippen molar-refractivity contribution in [3.05, 3.63) is 62.6 Å². The maximum Gasteiger partial charge on any atom is 0.196 e. The van der Waals surface area contributed by atoms with Crippen molar-refractivity contribution in [3.63, 3.8) is 0 Å². The summed E-state index contributed by atoms with van der Waals surface area (Å²) in [6.45, 7) is 3.88. The fourth-order valence-corrected chi connectivity index (χ4v) is 2.34. The molecular weight excluding hydrogens is 281 g/mol. The van der Waals surface area contributed by atoms with Crippen molar-refractivity contribution in [2.75, 3.05) is 5.73 Å². The Bertz CT molecular complexity index is 665. The molecule has 2 aromatic rings. The van der Waals surface area contributed by atoms with Gasteiger partial charge < -0.3 is 5.73 Å². The van der Waals surface area contributed by atoms with Crippen LogP contribution in [0.2, 0.25) is 10.0 Å². The third kappa shape index (κ3) is 2.60. The van der Waals surface area contributed by atoms with Gasteiger partial charge in [-0.1, -0.05) is 29.3 Å². The summed E-state index contributed by atoms with van der Waals surface area (Å²) in [4.78, 5) is 12.5. The van der Waals surface area contributed by atoms with Crippen LogP contribution in [0.5, 0.6) is 0 Å². The normalized spacial score (nSPS) is 10.5. The van der Waals surface area contributed by atoms with E-state index in [4.69, 9.17) is 28.9 Å². The molecule has 0 unspecified atom stereocenters. The number of halogens is 2. The Balaban J connectivity index is 2.56. The van der Waals surface area contributed by atoms with Gasteiger partial charge in [0.15, 0.2) is 5.78 Å². The average molecular weight is 294 g/mol. The van der Waals surface area contributed by atoms with Gasteiger partial charge in [0.2, 0.25) is 0 Å². The summed E-state index contributed by atoms with van der Waals surface area (Å²) in [5.41, 5.74) is 8.95. The second kappa shape index (κ2) is 5.24. The Labute approximate surface area is 122 Å². The Kier molecular flexibility index (Phi) is 3.83. The van der Waals surface area contributed by atoms with Crippen molar-refractivity contribution < 1.29 is 4.79 Å². The molecule has 0 aromatic heterocycles. The van der Waals surface area contributed by atoms with E-state index in [9.17, 15) is 4.79 Å². The van der Waals surface area contributed by atoms with Gasteiger partial charge in [-0.15, -0.1) is 0 Å². The van der Waals surface area contributed by atoms with Crippen molar-refractivity contribution in [2.45, 2.75) is 13.8 Å². The number of carbonyl (C=O) groups is 1. The lowest BCUT2D eigenvalue weighted by atomic mass is 9.99. The van der Waals surface area contributed by atoms with Crippen LogP contribution >= 0.6 is 23.2 Å². The summed E-state index contributed by atoms with van der Waals surface area (Å²) in [5, 5.41) is 0.688. The summed E-state index contributed by atoms with van der Waals surface area (Å²) in [6.07, 6.45) is 0. The van der Waals surface area contributed by atoms with E-state index < -0.39 is 0 Å². The first-order chi connectivity index (χ1) is 8.91. The number of nitrogens with two attached hydrogens (primary N) is 1. The Hall–Kier alpha value is -1.51. The van der Waals surface area contributed by atoms with E-state index in [0.717, 1.165) is 11.1 Å². The molecule has 0 bridgehead atoms. The topological polar surface area (TPSA) is 43.1 Å². The van der Waals surface area contributed by atoms with Crippen LogP contribution in [0.15, 0.2) is 30.3 Å². The fourth-order valence-electron chi connectivity index (χ4n) is 1.83. The second-order valence-corrected chi connectivity index (χ2v) is 5.24. The number of hydrogen-bond donors (Lipinski definition) is 1. The molecule has 0 aliphatic carbocycles. The van der Waals surface area contributed by atoms with E-state index in [1.54, 1.807) is 30.3 Å². The quantitative estimate of drug-likeness (QED) is 0.658. The highest BCUT2D eigenvalue weighted by Gasteiger charge is 2.17. The predicted molar refractivity (Wildman–Crippen MR) is 80.2 cm³/mol. The standard InChI is InChI=1S/C15H13Cl2NO/c1-8-6-11(12(16)7-9(8)2)15(19)10-4-3-5-13(18)14(10)17/h3-7H,18H2,1-2H3. The molecule has 2 aromatic carbocycles. The molecule has 0 radical (unpaired) electrons. The number of benzene rings is 2. The second-order valence-electron chi connectivity index (χ2n) is 4.45. The predicted octanol–water partition coefficient (Wildman–Crippen LogP) is 4.42. The maximum atomic E-state index is 12.5. The first kappa shape index (κ1) is 13.9. The Morgan fingerprint density at radius 1 is 1.05 bits per heavy atom. The van der Waals surface area contributed by atoms with Crippen molar-refractivity contribution in [1.29, 1.82) is 0 Å². The van der Waals surface area contributed by atoms with E-state index in [1.807, 2.05) is 13.8 Å². The summed E-state index contributed by atoms with van der Waals surface area (Å²) in [5.74, 6) is -0.217. The first-order valence-electron chi connectivity index (χ1n) is 5.77. The SMILES string of the molecule is Cc1cc(Cl)c(C(=O)c2cccc(N)c2Cl)cc1C. The van der Waals surface area contributed by atoms with Crippen molar-refractivity contribution in [3.8, 4) is 0 Å². The highest BCUT2D eigenvalue weighted by atomic mass is 35.5. The van der Waals surface area contributed by atoms with Gasteiger partial charge in [0.1, 0.15) is 0 Å². The van der Waals surface area contributed by atoms with Gasteiger partial charge in [-0.3, -0.25) is 4.79 Å². The van der Waals surface area contributed by atoms with Gasteiger partial charge in [-0.2, -0.15) is 0 Å². The summed E-state index contributed by atoms with van der Waals surface area (Å²) < 4.78 is 0. The van der Waals surface area contributed by atoms with Gasteiger partial charge in [0.25, 0.3) is 0 Å². The molecule has 2 rings (SSSR count). The molecule has 0 atom stereocenters. The third-order valence-electron chi connectivity index (χ3n) is 3.10. The highest BCUT2D eigenvalue weighted by Crippen LogP contribution is 2.29. The van der Waals surface area contributed by atoms with Crippen LogP contribution in [-0.4, -0.2) is 5.78 Å². The number of anilines is 1. The zero-order valence-electron chi connectivity index (χ0n) is 10.6. The smallest absolute Gasteiger partial charge is 0.196 e. The van der Waals surface area contributed by atoms with E-state index in [2.05, 4.69) is 0 Å². The molecule has 0 aliphatic rings. The number of rotatable bonds is 2. The van der Waals surface area contributed by atoms with Crippen LogP contribution in [0.3, 0.4) is 0 Å². The van der Waals surface area contributed by atoms with Crippen LogP contribution in [-0.2, 0) is 0 Å². The monoisotopic (exact) mass is 293 g/mol. The van der Waals surface area contributed by atoms with Crippen molar-refractivity contribution in [2.24, 2.45) is 0 Å². The minimum Gasteiger partial charge on any atom is -0.398 e. The molecule has 0 fully saturated rings. The number of nitrogen functional groups attached to an aromatic ring is 1. The fraction of sp³-hybridized carbons (Fsp3) is 0.133. The minimum absolute atomic E-state index is 0.217. The van der Waals surface area contributed by atoms with Gasteiger partial charge >= 0.3 is 0 Å². The number of carbonyl (C=O) groups excluding carboxylic acids is 1. The lowest BCUT2D eigenvalue weighted by molar-refractivity contribution is 0.103. The van der Waals surface area contributed by atoms with Crippen LogP contribution in [0, 0.1) is 13.8 Å². The first-order valence-corrected chi connectivity index (χ1v) is 6.53. The van der Waals surface area contributed by atoms with Gasteiger partial charge in [-0.05, 0) is 49.2 Å². The maximum absolute atomic E-state index is 12.5. The lowest BCUT2D eigenvalue weighted by Gasteiger charge is -2.09. The van der Waals surface area contributed by atoms with E-state index in [0.29, 0.717) is 21.8 Å². The molecule has 19 heavy (non-hydrogen) atoms. The summed E-state index contributed by atoms with van der Waals surface area (Å²) in [6, 6.07) is 8.56. The van der Waals surface area contributed by atoms with Crippen LogP contribution in [0.4, 0.5) is 5.69 Å². The largest absolute Gasteiger partial charge is 0.398 e. The van der Waals surface area contributed by atoms with E-state index in [1.165, 1.54) is 0 Å². The van der Waals surface area contributed by atoms with Crippen LogP contribution in [0.1, 0.15) is 27.0 Å². The van der Waals surface area contributed by atoms with Crippen molar-refractivity contribution in [1.82, 2.24) is 0 Å². The van der Waals surface area contributed by atoms with Gasteiger partial charge in [-0.25, -0.2) is 0 Å². The highest BCUT2D eigenvalue weighted by molar-refractivity contribution is 6.39. The van der Waals surface area contributed by atoms with E-state index >= 15 is 0 Å². The number of ketones is 1. The molecular formula is C15H13Cl2NO. The zero-order chi connectivity index (χ0) is 14.2. The molecule has 2 nitrogen and oxygen atoms in total. The number of aryl methyl sites for hydroxylation is 2. The lowest BCUT2D eigenvalue weighted by Crippen LogP contribution is -2.05.